The number of amides is 1. The third kappa shape index (κ3) is 5.44. The highest BCUT2D eigenvalue weighted by Gasteiger charge is 2.25. The van der Waals surface area contributed by atoms with Gasteiger partial charge in [0.05, 0.1) is 5.75 Å². The number of ether oxygens (including phenoxy) is 2. The lowest BCUT2D eigenvalue weighted by atomic mass is 10.1. The number of hydrogen-bond acceptors (Lipinski definition) is 9. The fraction of sp³-hybridized carbons (Fsp3) is 0.423. The minimum atomic E-state index is -0.138. The third-order valence-corrected chi connectivity index (χ3v) is 7.37. The van der Waals surface area contributed by atoms with Crippen LogP contribution in [0.15, 0.2) is 46.0 Å². The van der Waals surface area contributed by atoms with Gasteiger partial charge in [-0.05, 0) is 49.6 Å². The summed E-state index contributed by atoms with van der Waals surface area (Å²) in [5, 5.41) is 3.67. The second-order valence-electron chi connectivity index (χ2n) is 9.40. The Kier molecular flexibility index (Phi) is 6.45. The molecular weight excluding hydrogens is 478 g/mol. The standard InChI is InChI=1S/C26H29N5O4S/c1-17-12-24(29-26(27-17)36-15-20-5-7-22(35-20)25(32)28-19-3-4-19)31-10-8-30(9-11-31)14-18-2-6-21-23(13-18)34-16-33-21/h2,5-7,12-13,19H,3-4,8-11,14-16H2,1H3,(H,28,32). The molecule has 2 aliphatic heterocycles. The average molecular weight is 508 g/mol. The quantitative estimate of drug-likeness (QED) is 0.362. The van der Waals surface area contributed by atoms with Gasteiger partial charge in [0.25, 0.3) is 5.91 Å². The number of piperazine rings is 1. The molecular formula is C26H29N5O4S. The van der Waals surface area contributed by atoms with Crippen LogP contribution in [0.1, 0.15) is 40.4 Å². The molecule has 1 saturated carbocycles. The largest absolute Gasteiger partial charge is 0.455 e. The molecule has 1 aromatic carbocycles. The molecule has 4 heterocycles. The Morgan fingerprint density at radius 1 is 1.06 bits per heavy atom. The lowest BCUT2D eigenvalue weighted by molar-refractivity contribution is 0.0922. The summed E-state index contributed by atoms with van der Waals surface area (Å²) in [5.74, 6) is 4.15. The SMILES string of the molecule is Cc1cc(N2CCN(Cc3ccc4c(c3)OCO4)CC2)nc(SCc2ccc(C(=O)NC3CC3)o2)n1. The van der Waals surface area contributed by atoms with Crippen molar-refractivity contribution in [1.82, 2.24) is 20.2 Å². The number of nitrogens with zero attached hydrogens (tertiary/aromatic N) is 4. The van der Waals surface area contributed by atoms with Crippen molar-refractivity contribution in [2.45, 2.75) is 43.3 Å². The summed E-state index contributed by atoms with van der Waals surface area (Å²) in [6.07, 6.45) is 2.11. The van der Waals surface area contributed by atoms with Crippen LogP contribution in [-0.2, 0) is 12.3 Å². The van der Waals surface area contributed by atoms with Gasteiger partial charge in [-0.2, -0.15) is 0 Å². The second-order valence-corrected chi connectivity index (χ2v) is 10.3. The monoisotopic (exact) mass is 507 g/mol. The van der Waals surface area contributed by atoms with Crippen molar-refractivity contribution in [3.63, 3.8) is 0 Å². The first kappa shape index (κ1) is 23.2. The Bertz CT molecular complexity index is 1250. The van der Waals surface area contributed by atoms with Crippen LogP contribution < -0.4 is 19.7 Å². The van der Waals surface area contributed by atoms with Gasteiger partial charge < -0.3 is 24.1 Å². The van der Waals surface area contributed by atoms with E-state index >= 15 is 0 Å². The summed E-state index contributed by atoms with van der Waals surface area (Å²) < 4.78 is 16.7. The molecule has 1 amide bonds. The first-order chi connectivity index (χ1) is 17.6. The molecule has 10 heteroatoms. The number of carbonyl (C=O) groups excluding carboxylic acids is 1. The normalized spacial score (nSPS) is 17.4. The Labute approximate surface area is 214 Å². The van der Waals surface area contributed by atoms with Crippen molar-refractivity contribution in [2.75, 3.05) is 37.9 Å². The number of nitrogens with one attached hydrogen (secondary N) is 1. The first-order valence-corrected chi connectivity index (χ1v) is 13.3. The second kappa shape index (κ2) is 10.0. The maximum absolute atomic E-state index is 12.2. The Balaban J connectivity index is 1.03. The van der Waals surface area contributed by atoms with Crippen molar-refractivity contribution in [1.29, 1.82) is 0 Å². The fourth-order valence-corrected chi connectivity index (χ4v) is 5.17. The zero-order valence-corrected chi connectivity index (χ0v) is 21.1. The van der Waals surface area contributed by atoms with Crippen molar-refractivity contribution in [3.8, 4) is 11.5 Å². The van der Waals surface area contributed by atoms with Gasteiger partial charge in [-0.15, -0.1) is 0 Å². The fourth-order valence-electron chi connectivity index (χ4n) is 4.38. The highest BCUT2D eigenvalue weighted by atomic mass is 32.2. The number of benzene rings is 1. The molecule has 0 radical (unpaired) electrons. The predicted octanol–water partition coefficient (Wildman–Crippen LogP) is 3.61. The maximum atomic E-state index is 12.2. The minimum Gasteiger partial charge on any atom is -0.455 e. The number of thioether (sulfide) groups is 1. The molecule has 9 nitrogen and oxygen atoms in total. The summed E-state index contributed by atoms with van der Waals surface area (Å²) in [6.45, 7) is 6.91. The molecule has 2 aromatic heterocycles. The van der Waals surface area contributed by atoms with E-state index in [9.17, 15) is 4.79 Å². The van der Waals surface area contributed by atoms with E-state index in [1.54, 1.807) is 6.07 Å². The number of rotatable bonds is 8. The molecule has 6 rings (SSSR count). The number of fused-ring (bicyclic) bond motifs is 1. The van der Waals surface area contributed by atoms with Gasteiger partial charge in [-0.3, -0.25) is 9.69 Å². The Hall–Kier alpha value is -3.24. The van der Waals surface area contributed by atoms with E-state index in [-0.39, 0.29) is 5.91 Å². The topological polar surface area (TPSA) is 93.0 Å². The first-order valence-electron chi connectivity index (χ1n) is 12.3. The third-order valence-electron chi connectivity index (χ3n) is 6.50. The lowest BCUT2D eigenvalue weighted by Gasteiger charge is -2.35. The van der Waals surface area contributed by atoms with E-state index in [1.165, 1.54) is 17.3 Å². The summed E-state index contributed by atoms with van der Waals surface area (Å²) in [7, 11) is 0. The van der Waals surface area contributed by atoms with Crippen LogP contribution in [0.25, 0.3) is 0 Å². The summed E-state index contributed by atoms with van der Waals surface area (Å²) in [4.78, 5) is 26.4. The predicted molar refractivity (Wildman–Crippen MR) is 136 cm³/mol. The van der Waals surface area contributed by atoms with Crippen LogP contribution in [0.3, 0.4) is 0 Å². The molecule has 0 spiro atoms. The maximum Gasteiger partial charge on any atom is 0.287 e. The number of carbonyl (C=O) groups is 1. The molecule has 1 saturated heterocycles. The number of hydrogen-bond donors (Lipinski definition) is 1. The van der Waals surface area contributed by atoms with E-state index in [0.717, 1.165) is 74.3 Å². The van der Waals surface area contributed by atoms with E-state index in [1.807, 2.05) is 25.1 Å². The van der Waals surface area contributed by atoms with Gasteiger partial charge in [0, 0.05) is 50.5 Å². The van der Waals surface area contributed by atoms with E-state index in [0.29, 0.717) is 29.5 Å². The zero-order valence-electron chi connectivity index (χ0n) is 20.2. The van der Waals surface area contributed by atoms with Crippen molar-refractivity contribution < 1.29 is 18.7 Å². The smallest absolute Gasteiger partial charge is 0.287 e. The van der Waals surface area contributed by atoms with Gasteiger partial charge in [-0.1, -0.05) is 17.8 Å². The summed E-state index contributed by atoms with van der Waals surface area (Å²) in [5.41, 5.74) is 2.17. The Morgan fingerprint density at radius 2 is 1.89 bits per heavy atom. The molecule has 1 aliphatic carbocycles. The van der Waals surface area contributed by atoms with Crippen LogP contribution in [0.2, 0.25) is 0 Å². The highest BCUT2D eigenvalue weighted by Crippen LogP contribution is 2.33. The van der Waals surface area contributed by atoms with Gasteiger partial charge >= 0.3 is 0 Å². The van der Waals surface area contributed by atoms with Crippen LogP contribution in [0, 0.1) is 6.92 Å². The van der Waals surface area contributed by atoms with Crippen LogP contribution in [0.5, 0.6) is 11.5 Å². The van der Waals surface area contributed by atoms with Crippen LogP contribution >= 0.6 is 11.8 Å². The van der Waals surface area contributed by atoms with Crippen molar-refractivity contribution in [3.05, 3.63) is 59.2 Å². The van der Waals surface area contributed by atoms with Gasteiger partial charge in [0.1, 0.15) is 11.6 Å². The van der Waals surface area contributed by atoms with E-state index in [4.69, 9.17) is 18.9 Å². The minimum absolute atomic E-state index is 0.138. The van der Waals surface area contributed by atoms with Crippen molar-refractivity contribution in [2.24, 2.45) is 0 Å². The van der Waals surface area contributed by atoms with Gasteiger partial charge in [0.15, 0.2) is 22.4 Å². The summed E-state index contributed by atoms with van der Waals surface area (Å²) in [6, 6.07) is 12.1. The molecule has 0 atom stereocenters. The Morgan fingerprint density at radius 3 is 2.72 bits per heavy atom. The molecule has 36 heavy (non-hydrogen) atoms. The molecule has 1 N–H and O–H groups in total. The number of anilines is 1. The van der Waals surface area contributed by atoms with E-state index < -0.39 is 0 Å². The lowest BCUT2D eigenvalue weighted by Crippen LogP contribution is -2.46. The molecule has 3 aliphatic rings. The van der Waals surface area contributed by atoms with Gasteiger partial charge in [-0.25, -0.2) is 9.97 Å². The number of aromatic nitrogens is 2. The molecule has 0 bridgehead atoms. The molecule has 2 fully saturated rings. The van der Waals surface area contributed by atoms with Gasteiger partial charge in [0.2, 0.25) is 6.79 Å². The van der Waals surface area contributed by atoms with Crippen LogP contribution in [-0.4, -0.2) is 59.8 Å². The van der Waals surface area contributed by atoms with E-state index in [2.05, 4.69) is 32.2 Å². The molecule has 0 unspecified atom stereocenters. The number of furan rings is 1. The molecule has 188 valence electrons. The molecule has 3 aromatic rings. The van der Waals surface area contributed by atoms with Crippen LogP contribution in [0.4, 0.5) is 5.82 Å². The summed E-state index contributed by atoms with van der Waals surface area (Å²) >= 11 is 1.52. The van der Waals surface area contributed by atoms with Crippen molar-refractivity contribution >= 4 is 23.5 Å². The number of aryl methyl sites for hydroxylation is 1. The highest BCUT2D eigenvalue weighted by molar-refractivity contribution is 7.98. The average Bonchev–Trinajstić information content (AvgIpc) is 3.36. The zero-order chi connectivity index (χ0) is 24.5.